The van der Waals surface area contributed by atoms with E-state index in [1.54, 1.807) is 36.4 Å². The molecule has 0 bridgehead atoms. The van der Waals surface area contributed by atoms with Gasteiger partial charge in [0.1, 0.15) is 11.3 Å². The Morgan fingerprint density at radius 2 is 1.94 bits per heavy atom. The number of nitrogens with one attached hydrogen (secondary N) is 1. The van der Waals surface area contributed by atoms with Crippen molar-refractivity contribution in [3.63, 3.8) is 0 Å². The zero-order chi connectivity index (χ0) is 24.2. The summed E-state index contributed by atoms with van der Waals surface area (Å²) in [4.78, 5) is 33.1. The van der Waals surface area contributed by atoms with Crippen molar-refractivity contribution in [1.29, 1.82) is 0 Å². The number of fused-ring (bicyclic) bond motifs is 1. The lowest BCUT2D eigenvalue weighted by Crippen LogP contribution is -2.13. The molecule has 4 aromatic rings. The van der Waals surface area contributed by atoms with Crippen LogP contribution in [-0.2, 0) is 13.0 Å². The summed E-state index contributed by atoms with van der Waals surface area (Å²) < 4.78 is 2.00. The monoisotopic (exact) mass is 477 g/mol. The van der Waals surface area contributed by atoms with Crippen molar-refractivity contribution in [2.24, 2.45) is 0 Å². The van der Waals surface area contributed by atoms with Crippen molar-refractivity contribution in [3.8, 4) is 0 Å². The van der Waals surface area contributed by atoms with Crippen LogP contribution in [0, 0.1) is 17.0 Å². The second-order valence-electron chi connectivity index (χ2n) is 8.07. The number of hydrogen-bond donors (Lipinski definition) is 1. The molecule has 0 aliphatic rings. The lowest BCUT2D eigenvalue weighted by molar-refractivity contribution is -0.384. The van der Waals surface area contributed by atoms with E-state index in [4.69, 9.17) is 21.6 Å². The molecule has 0 saturated carbocycles. The molecule has 2 aromatic heterocycles. The van der Waals surface area contributed by atoms with Crippen LogP contribution in [-0.4, -0.2) is 25.4 Å². The second kappa shape index (κ2) is 10.0. The maximum absolute atomic E-state index is 12.7. The minimum Gasteiger partial charge on any atom is -0.320 e. The highest BCUT2D eigenvalue weighted by Crippen LogP contribution is 2.25. The fourth-order valence-electron chi connectivity index (χ4n) is 3.78. The molecule has 0 spiro atoms. The van der Waals surface area contributed by atoms with E-state index in [0.717, 1.165) is 30.7 Å². The number of rotatable bonds is 8. The number of aryl methyl sites for hydroxylation is 2. The van der Waals surface area contributed by atoms with Gasteiger partial charge in [-0.3, -0.25) is 14.9 Å². The van der Waals surface area contributed by atoms with E-state index in [0.29, 0.717) is 39.7 Å². The van der Waals surface area contributed by atoms with Crippen molar-refractivity contribution in [2.45, 2.75) is 39.7 Å². The highest BCUT2D eigenvalue weighted by atomic mass is 35.5. The third-order valence-electron chi connectivity index (χ3n) is 5.54. The maximum Gasteiger partial charge on any atom is 0.269 e. The number of hydrogen-bond acceptors (Lipinski definition) is 5. The van der Waals surface area contributed by atoms with Gasteiger partial charge in [-0.25, -0.2) is 9.97 Å². The summed E-state index contributed by atoms with van der Waals surface area (Å²) in [5.74, 6) is 0.572. The molecule has 2 aromatic carbocycles. The molecule has 0 aliphatic heterocycles. The van der Waals surface area contributed by atoms with Crippen LogP contribution in [0.25, 0.3) is 11.2 Å². The average Bonchev–Trinajstić information content (AvgIpc) is 3.14. The molecule has 0 aliphatic carbocycles. The van der Waals surface area contributed by atoms with Crippen molar-refractivity contribution in [1.82, 2.24) is 14.5 Å². The number of carbonyl (C=O) groups is 1. The number of amides is 1. The zero-order valence-electron chi connectivity index (χ0n) is 18.9. The van der Waals surface area contributed by atoms with Crippen LogP contribution in [0.1, 0.15) is 47.2 Å². The van der Waals surface area contributed by atoms with Gasteiger partial charge in [0.15, 0.2) is 5.65 Å². The number of pyridine rings is 1. The normalized spacial score (nSPS) is 11.0. The van der Waals surface area contributed by atoms with E-state index < -0.39 is 4.92 Å². The van der Waals surface area contributed by atoms with Crippen LogP contribution < -0.4 is 5.32 Å². The van der Waals surface area contributed by atoms with E-state index in [-0.39, 0.29) is 11.6 Å². The summed E-state index contributed by atoms with van der Waals surface area (Å²) in [5, 5.41) is 14.6. The smallest absolute Gasteiger partial charge is 0.269 e. The lowest BCUT2D eigenvalue weighted by Gasteiger charge is -2.11. The largest absolute Gasteiger partial charge is 0.320 e. The predicted molar refractivity (Wildman–Crippen MR) is 132 cm³/mol. The average molecular weight is 478 g/mol. The molecule has 2 heterocycles. The van der Waals surface area contributed by atoms with E-state index >= 15 is 0 Å². The van der Waals surface area contributed by atoms with Crippen LogP contribution in [0.15, 0.2) is 54.6 Å². The number of carbonyl (C=O) groups excluding carboxylic acids is 1. The Morgan fingerprint density at radius 1 is 1.15 bits per heavy atom. The third kappa shape index (κ3) is 5.07. The van der Waals surface area contributed by atoms with Gasteiger partial charge in [-0.05, 0) is 43.2 Å². The number of anilines is 1. The predicted octanol–water partition coefficient (Wildman–Crippen LogP) is 5.94. The fraction of sp³-hybridized carbons (Fsp3) is 0.240. The summed E-state index contributed by atoms with van der Waals surface area (Å²) in [6.45, 7) is 4.35. The number of non-ortho nitro benzene ring substituents is 1. The third-order valence-corrected chi connectivity index (χ3v) is 5.78. The van der Waals surface area contributed by atoms with Crippen molar-refractivity contribution in [3.05, 3.63) is 92.4 Å². The Bertz CT molecular complexity index is 1380. The van der Waals surface area contributed by atoms with Crippen molar-refractivity contribution >= 4 is 40.0 Å². The molecular formula is C25H24ClN5O3. The SMILES string of the molecule is CCCCc1nc2cc(NC(=O)c3cccc(Cl)c3)c(C)nc2n1Cc1cccc([N+](=O)[O-])c1. The molecule has 8 nitrogen and oxygen atoms in total. The van der Waals surface area contributed by atoms with Gasteiger partial charge in [0, 0.05) is 29.1 Å². The fourth-order valence-corrected chi connectivity index (χ4v) is 3.97. The van der Waals surface area contributed by atoms with E-state index in [9.17, 15) is 14.9 Å². The van der Waals surface area contributed by atoms with Gasteiger partial charge in [0.25, 0.3) is 11.6 Å². The maximum atomic E-state index is 12.7. The molecule has 0 fully saturated rings. The van der Waals surface area contributed by atoms with E-state index in [2.05, 4.69) is 12.2 Å². The molecular weight excluding hydrogens is 454 g/mol. The molecule has 1 amide bonds. The number of unbranched alkanes of at least 4 members (excludes halogenated alkanes) is 1. The minimum atomic E-state index is -0.398. The number of aromatic nitrogens is 3. The van der Waals surface area contributed by atoms with Gasteiger partial charge in [-0.15, -0.1) is 0 Å². The zero-order valence-corrected chi connectivity index (χ0v) is 19.7. The van der Waals surface area contributed by atoms with Crippen LogP contribution in [0.3, 0.4) is 0 Å². The number of nitro groups is 1. The van der Waals surface area contributed by atoms with Crippen LogP contribution in [0.2, 0.25) is 5.02 Å². The summed E-state index contributed by atoms with van der Waals surface area (Å²) in [6.07, 6.45) is 2.72. The Labute approximate surface area is 201 Å². The van der Waals surface area contributed by atoms with Gasteiger partial charge in [0.05, 0.1) is 22.8 Å². The number of nitro benzene ring substituents is 1. The molecule has 0 radical (unpaired) electrons. The highest BCUT2D eigenvalue weighted by Gasteiger charge is 2.17. The molecule has 0 atom stereocenters. The Hall–Kier alpha value is -3.78. The van der Waals surface area contributed by atoms with Crippen LogP contribution >= 0.6 is 11.6 Å². The molecule has 1 N–H and O–H groups in total. The van der Waals surface area contributed by atoms with E-state index in [1.165, 1.54) is 6.07 Å². The first-order chi connectivity index (χ1) is 16.4. The summed E-state index contributed by atoms with van der Waals surface area (Å²) in [6, 6.07) is 15.1. The first-order valence-electron chi connectivity index (χ1n) is 11.0. The van der Waals surface area contributed by atoms with Gasteiger partial charge in [0.2, 0.25) is 0 Å². The number of halogens is 1. The van der Waals surface area contributed by atoms with Crippen molar-refractivity contribution < 1.29 is 9.72 Å². The molecule has 0 unspecified atom stereocenters. The molecule has 174 valence electrons. The molecule has 0 saturated heterocycles. The minimum absolute atomic E-state index is 0.0483. The van der Waals surface area contributed by atoms with Crippen molar-refractivity contribution in [2.75, 3.05) is 5.32 Å². The van der Waals surface area contributed by atoms with Crippen LogP contribution in [0.4, 0.5) is 11.4 Å². The highest BCUT2D eigenvalue weighted by molar-refractivity contribution is 6.31. The molecule has 34 heavy (non-hydrogen) atoms. The van der Waals surface area contributed by atoms with Gasteiger partial charge in [-0.2, -0.15) is 0 Å². The van der Waals surface area contributed by atoms with Gasteiger partial charge < -0.3 is 9.88 Å². The summed E-state index contributed by atoms with van der Waals surface area (Å²) in [5.41, 5.74) is 3.84. The summed E-state index contributed by atoms with van der Waals surface area (Å²) in [7, 11) is 0. The summed E-state index contributed by atoms with van der Waals surface area (Å²) >= 11 is 6.01. The van der Waals surface area contributed by atoms with Gasteiger partial charge in [-0.1, -0.05) is 43.1 Å². The van der Waals surface area contributed by atoms with Crippen LogP contribution in [0.5, 0.6) is 0 Å². The number of nitrogens with zero attached hydrogens (tertiary/aromatic N) is 4. The lowest BCUT2D eigenvalue weighted by atomic mass is 10.2. The Balaban J connectivity index is 1.71. The Morgan fingerprint density at radius 3 is 2.68 bits per heavy atom. The first-order valence-corrected chi connectivity index (χ1v) is 11.4. The standard InChI is InChI=1S/C25H24ClN5O3/c1-3-4-11-23-28-22-14-21(29-25(32)18-8-6-9-19(26)13-18)16(2)27-24(22)30(23)15-17-7-5-10-20(12-17)31(33)34/h5-10,12-14H,3-4,11,15H2,1-2H3,(H,29,32). The number of imidazole rings is 1. The Kier molecular flexibility index (Phi) is 6.88. The first kappa shape index (κ1) is 23.4. The molecule has 9 heteroatoms. The van der Waals surface area contributed by atoms with E-state index in [1.807, 2.05) is 23.6 Å². The second-order valence-corrected chi connectivity index (χ2v) is 8.51. The van der Waals surface area contributed by atoms with Gasteiger partial charge >= 0.3 is 0 Å². The number of benzene rings is 2. The molecule has 4 rings (SSSR count). The topological polar surface area (TPSA) is 103 Å². The quantitative estimate of drug-likeness (QED) is 0.249.